The summed E-state index contributed by atoms with van der Waals surface area (Å²) in [6, 6.07) is 13.8. The van der Waals surface area contributed by atoms with Crippen LogP contribution in [0.2, 0.25) is 0 Å². The van der Waals surface area contributed by atoms with Gasteiger partial charge in [0.25, 0.3) is 0 Å². The highest BCUT2D eigenvalue weighted by molar-refractivity contribution is 7.85. The Morgan fingerprint density at radius 3 is 2.66 bits per heavy atom. The summed E-state index contributed by atoms with van der Waals surface area (Å²) in [5, 5.41) is 5.70. The second kappa shape index (κ2) is 7.40. The van der Waals surface area contributed by atoms with E-state index in [2.05, 4.69) is 21.1 Å². The summed E-state index contributed by atoms with van der Waals surface area (Å²) in [6.07, 6.45) is 8.55. The number of fused-ring (bicyclic) bond motifs is 1. The molecule has 0 amide bonds. The van der Waals surface area contributed by atoms with Gasteiger partial charge in [-0.25, -0.2) is 14.6 Å². The predicted molar refractivity (Wildman–Crippen MR) is 113 cm³/mol. The summed E-state index contributed by atoms with van der Waals surface area (Å²) in [5.41, 5.74) is 3.69. The summed E-state index contributed by atoms with van der Waals surface area (Å²) >= 11 is 0. The summed E-state index contributed by atoms with van der Waals surface area (Å²) in [6.45, 7) is 0. The Labute approximate surface area is 171 Å². The zero-order chi connectivity index (χ0) is 19.8. The van der Waals surface area contributed by atoms with Crippen molar-refractivity contribution < 1.29 is 8.95 Å². The number of rotatable bonds is 5. The van der Waals surface area contributed by atoms with Gasteiger partial charge in [-0.1, -0.05) is 18.6 Å². The molecule has 3 aromatic heterocycles. The highest BCUT2D eigenvalue weighted by Gasteiger charge is 2.25. The Balaban J connectivity index is 1.49. The van der Waals surface area contributed by atoms with Gasteiger partial charge in [-0.05, 0) is 42.7 Å². The zero-order valence-electron chi connectivity index (χ0n) is 16.0. The standard InChI is InChI=1S/C22H20N4O2S/c1-28-21-9-8-16(12-23-21)15-4-2-5-18(10-15)26-22-17(13-25-26)11-20(14-24-22)29(27)19-6-3-7-19/h2,4-5,8-14,19H,3,6-7H2,1H3/t29-/m1/s1. The predicted octanol–water partition coefficient (Wildman–Crippen LogP) is 4.15. The van der Waals surface area contributed by atoms with E-state index >= 15 is 0 Å². The zero-order valence-corrected chi connectivity index (χ0v) is 16.8. The van der Waals surface area contributed by atoms with Crippen molar-refractivity contribution in [3.05, 3.63) is 61.1 Å². The number of nitrogens with zero attached hydrogens (tertiary/aromatic N) is 4. The molecule has 1 aromatic carbocycles. The van der Waals surface area contributed by atoms with Crippen LogP contribution in [0.4, 0.5) is 0 Å². The van der Waals surface area contributed by atoms with Crippen molar-refractivity contribution in [2.75, 3.05) is 7.11 Å². The van der Waals surface area contributed by atoms with Crippen LogP contribution in [0, 0.1) is 0 Å². The minimum absolute atomic E-state index is 0.277. The molecule has 29 heavy (non-hydrogen) atoms. The van der Waals surface area contributed by atoms with Gasteiger partial charge < -0.3 is 4.74 Å². The van der Waals surface area contributed by atoms with Gasteiger partial charge >= 0.3 is 0 Å². The largest absolute Gasteiger partial charge is 0.481 e. The molecule has 0 N–H and O–H groups in total. The smallest absolute Gasteiger partial charge is 0.212 e. The highest BCUT2D eigenvalue weighted by Crippen LogP contribution is 2.29. The third kappa shape index (κ3) is 3.31. The number of hydrogen-bond acceptors (Lipinski definition) is 5. The fourth-order valence-corrected chi connectivity index (χ4v) is 5.01. The lowest BCUT2D eigenvalue weighted by molar-refractivity contribution is 0.398. The molecule has 0 unspecified atom stereocenters. The van der Waals surface area contributed by atoms with Crippen LogP contribution >= 0.6 is 0 Å². The fraction of sp³-hybridized carbons (Fsp3) is 0.227. The van der Waals surface area contributed by atoms with E-state index in [1.54, 1.807) is 25.7 Å². The van der Waals surface area contributed by atoms with Crippen LogP contribution in [0.3, 0.4) is 0 Å². The lowest BCUT2D eigenvalue weighted by atomic mass is 10.0. The summed E-state index contributed by atoms with van der Waals surface area (Å²) < 4.78 is 19.6. The minimum Gasteiger partial charge on any atom is -0.481 e. The van der Waals surface area contributed by atoms with Crippen molar-refractivity contribution in [3.8, 4) is 22.7 Å². The minimum atomic E-state index is -0.981. The van der Waals surface area contributed by atoms with E-state index in [4.69, 9.17) is 4.74 Å². The quantitative estimate of drug-likeness (QED) is 0.500. The second-order valence-electron chi connectivity index (χ2n) is 7.13. The van der Waals surface area contributed by atoms with E-state index in [9.17, 15) is 4.21 Å². The molecule has 0 saturated heterocycles. The van der Waals surface area contributed by atoms with Crippen molar-refractivity contribution in [1.29, 1.82) is 0 Å². The van der Waals surface area contributed by atoms with Crippen molar-refractivity contribution in [2.45, 2.75) is 29.4 Å². The summed E-state index contributed by atoms with van der Waals surface area (Å²) in [7, 11) is 0.622. The number of benzene rings is 1. The van der Waals surface area contributed by atoms with Gasteiger partial charge in [0.1, 0.15) is 0 Å². The molecule has 7 heteroatoms. The first-order chi connectivity index (χ1) is 14.2. The maximum atomic E-state index is 12.6. The van der Waals surface area contributed by atoms with Crippen molar-refractivity contribution in [2.24, 2.45) is 0 Å². The highest BCUT2D eigenvalue weighted by atomic mass is 32.2. The second-order valence-corrected chi connectivity index (χ2v) is 8.86. The van der Waals surface area contributed by atoms with Gasteiger partial charge in [-0.15, -0.1) is 0 Å². The maximum absolute atomic E-state index is 12.6. The van der Waals surface area contributed by atoms with Crippen LogP contribution in [0.5, 0.6) is 5.88 Å². The molecule has 0 aliphatic heterocycles. The van der Waals surface area contributed by atoms with Crippen LogP contribution in [-0.4, -0.2) is 36.3 Å². The molecule has 0 radical (unpaired) electrons. The molecule has 1 aliphatic carbocycles. The normalized spacial score (nSPS) is 15.2. The molecule has 3 heterocycles. The molecule has 0 bridgehead atoms. The lowest BCUT2D eigenvalue weighted by Crippen LogP contribution is -2.23. The van der Waals surface area contributed by atoms with E-state index in [0.717, 1.165) is 45.6 Å². The van der Waals surface area contributed by atoms with E-state index in [1.165, 1.54) is 6.42 Å². The van der Waals surface area contributed by atoms with Crippen molar-refractivity contribution in [3.63, 3.8) is 0 Å². The van der Waals surface area contributed by atoms with Crippen LogP contribution in [-0.2, 0) is 10.8 Å². The van der Waals surface area contributed by atoms with Crippen LogP contribution in [0.15, 0.2) is 66.0 Å². The van der Waals surface area contributed by atoms with Gasteiger partial charge in [-0.3, -0.25) is 4.21 Å². The molecular weight excluding hydrogens is 384 g/mol. The molecule has 1 fully saturated rings. The molecule has 4 aromatic rings. The van der Waals surface area contributed by atoms with E-state index in [0.29, 0.717) is 5.88 Å². The van der Waals surface area contributed by atoms with Crippen molar-refractivity contribution in [1.82, 2.24) is 19.7 Å². The number of methoxy groups -OCH3 is 1. The molecule has 0 spiro atoms. The van der Waals surface area contributed by atoms with Crippen LogP contribution in [0.1, 0.15) is 19.3 Å². The average Bonchev–Trinajstić information content (AvgIpc) is 3.16. The van der Waals surface area contributed by atoms with Gasteiger partial charge in [0.15, 0.2) is 5.65 Å². The molecule has 5 rings (SSSR count). The maximum Gasteiger partial charge on any atom is 0.212 e. The fourth-order valence-electron chi connectivity index (χ4n) is 3.47. The Morgan fingerprint density at radius 1 is 1.03 bits per heavy atom. The number of hydrogen-bond donors (Lipinski definition) is 0. The first kappa shape index (κ1) is 18.0. The monoisotopic (exact) mass is 404 g/mol. The third-order valence-electron chi connectivity index (χ3n) is 5.34. The Morgan fingerprint density at radius 2 is 1.93 bits per heavy atom. The van der Waals surface area contributed by atoms with Crippen LogP contribution in [0.25, 0.3) is 27.8 Å². The van der Waals surface area contributed by atoms with E-state index in [-0.39, 0.29) is 5.25 Å². The van der Waals surface area contributed by atoms with E-state index in [1.807, 2.05) is 41.1 Å². The Kier molecular flexibility index (Phi) is 4.60. The summed E-state index contributed by atoms with van der Waals surface area (Å²) in [4.78, 5) is 9.66. The van der Waals surface area contributed by atoms with Crippen molar-refractivity contribution >= 4 is 21.8 Å². The molecule has 1 saturated carbocycles. The lowest BCUT2D eigenvalue weighted by Gasteiger charge is -2.24. The van der Waals surface area contributed by atoms with Gasteiger partial charge in [-0.2, -0.15) is 5.10 Å². The molecule has 6 nitrogen and oxygen atoms in total. The summed E-state index contributed by atoms with van der Waals surface area (Å²) in [5.74, 6) is 0.585. The number of ether oxygens (including phenoxy) is 1. The SMILES string of the molecule is COc1ccc(-c2cccc(-n3ncc4cc([S@](=O)C5CCC5)cnc43)c2)cn1. The number of pyridine rings is 2. The average molecular weight is 404 g/mol. The molecule has 1 atom stereocenters. The van der Waals surface area contributed by atoms with Gasteiger partial charge in [0.2, 0.25) is 5.88 Å². The van der Waals surface area contributed by atoms with Gasteiger partial charge in [0.05, 0.1) is 34.7 Å². The van der Waals surface area contributed by atoms with Crippen LogP contribution < -0.4 is 4.74 Å². The molecule has 1 aliphatic rings. The first-order valence-corrected chi connectivity index (χ1v) is 10.8. The first-order valence-electron chi connectivity index (χ1n) is 9.58. The van der Waals surface area contributed by atoms with E-state index < -0.39 is 10.8 Å². The molecule has 146 valence electrons. The number of aromatic nitrogens is 4. The Hall–Kier alpha value is -3.06. The van der Waals surface area contributed by atoms with Gasteiger partial charge in [0, 0.05) is 34.7 Å². The molecular formula is C22H20N4O2S. The topological polar surface area (TPSA) is 69.9 Å². The Bertz CT molecular complexity index is 1200. The third-order valence-corrected chi connectivity index (χ3v) is 7.10.